The van der Waals surface area contributed by atoms with Gasteiger partial charge in [-0.2, -0.15) is 0 Å². The van der Waals surface area contributed by atoms with Crippen molar-refractivity contribution in [1.29, 1.82) is 0 Å². The first-order valence-corrected chi connectivity index (χ1v) is 5.50. The molecule has 1 aromatic rings. The second-order valence-electron chi connectivity index (χ2n) is 3.61. The number of halogens is 2. The maximum atomic E-state index is 13.1. The predicted molar refractivity (Wildman–Crippen MR) is 65.4 cm³/mol. The van der Waals surface area contributed by atoms with E-state index in [1.54, 1.807) is 6.92 Å². The summed E-state index contributed by atoms with van der Waals surface area (Å²) in [5, 5.41) is 13.2. The van der Waals surface area contributed by atoms with Gasteiger partial charge in [0, 0.05) is 6.54 Å². The van der Waals surface area contributed by atoms with Crippen molar-refractivity contribution in [3.05, 3.63) is 28.5 Å². The maximum Gasteiger partial charge on any atom is 0.319 e. The number of hydrogen-bond acceptors (Lipinski definition) is 2. The number of aliphatic carboxylic acids is 1. The molecule has 0 heterocycles. The van der Waals surface area contributed by atoms with E-state index in [4.69, 9.17) is 16.7 Å². The van der Waals surface area contributed by atoms with Crippen LogP contribution in [0.15, 0.2) is 12.1 Å². The fraction of sp³-hybridized carbons (Fsp3) is 0.273. The number of carboxylic acid groups (broad SMARTS) is 1. The minimum Gasteiger partial charge on any atom is -0.481 e. The minimum absolute atomic E-state index is 0.00103. The van der Waals surface area contributed by atoms with E-state index in [2.05, 4.69) is 10.6 Å². The van der Waals surface area contributed by atoms with Crippen molar-refractivity contribution in [3.8, 4) is 0 Å². The molecule has 18 heavy (non-hydrogen) atoms. The molecule has 0 aliphatic rings. The lowest BCUT2D eigenvalue weighted by Crippen LogP contribution is -2.30. The number of anilines is 1. The van der Waals surface area contributed by atoms with Crippen molar-refractivity contribution in [2.24, 2.45) is 0 Å². The fourth-order valence-electron chi connectivity index (χ4n) is 1.20. The van der Waals surface area contributed by atoms with E-state index in [9.17, 15) is 14.0 Å². The van der Waals surface area contributed by atoms with Crippen LogP contribution in [-0.4, -0.2) is 23.7 Å². The Balaban J connectivity index is 2.59. The van der Waals surface area contributed by atoms with Crippen molar-refractivity contribution >= 4 is 29.3 Å². The number of hydrogen-bond donors (Lipinski definition) is 3. The van der Waals surface area contributed by atoms with Crippen molar-refractivity contribution in [1.82, 2.24) is 5.32 Å². The average molecular weight is 275 g/mol. The number of carboxylic acids is 1. The van der Waals surface area contributed by atoms with Crippen LogP contribution in [0.2, 0.25) is 5.02 Å². The van der Waals surface area contributed by atoms with Crippen molar-refractivity contribution < 1.29 is 19.1 Å². The van der Waals surface area contributed by atoms with Gasteiger partial charge in [-0.1, -0.05) is 11.6 Å². The smallest absolute Gasteiger partial charge is 0.319 e. The summed E-state index contributed by atoms with van der Waals surface area (Å²) in [5.41, 5.74) is 0.614. The summed E-state index contributed by atoms with van der Waals surface area (Å²) in [5.74, 6) is -1.47. The third kappa shape index (κ3) is 4.21. The van der Waals surface area contributed by atoms with Gasteiger partial charge in [-0.15, -0.1) is 0 Å². The number of urea groups is 1. The fourth-order valence-corrected chi connectivity index (χ4v) is 1.40. The maximum absolute atomic E-state index is 13.1. The number of amides is 2. The van der Waals surface area contributed by atoms with Crippen LogP contribution < -0.4 is 10.6 Å². The quantitative estimate of drug-likeness (QED) is 0.789. The third-order valence-electron chi connectivity index (χ3n) is 2.12. The molecule has 0 aliphatic heterocycles. The monoisotopic (exact) mass is 274 g/mol. The summed E-state index contributed by atoms with van der Waals surface area (Å²) in [4.78, 5) is 21.6. The molecule has 98 valence electrons. The lowest BCUT2D eigenvalue weighted by molar-refractivity contribution is -0.136. The number of benzene rings is 1. The van der Waals surface area contributed by atoms with Gasteiger partial charge >= 0.3 is 12.0 Å². The molecule has 0 aliphatic carbocycles. The van der Waals surface area contributed by atoms with Crippen LogP contribution in [0.5, 0.6) is 0 Å². The molecular formula is C11H12ClFN2O3. The molecule has 0 aromatic heterocycles. The predicted octanol–water partition coefficient (Wildman–Crippen LogP) is 2.38. The number of nitrogens with one attached hydrogen (secondary N) is 2. The zero-order valence-electron chi connectivity index (χ0n) is 9.59. The van der Waals surface area contributed by atoms with Crippen molar-refractivity contribution in [2.45, 2.75) is 13.3 Å². The third-order valence-corrected chi connectivity index (χ3v) is 2.43. The molecule has 0 unspecified atom stereocenters. The molecule has 3 N–H and O–H groups in total. The Hall–Kier alpha value is -1.82. The van der Waals surface area contributed by atoms with Gasteiger partial charge in [0.15, 0.2) is 0 Å². The molecule has 2 amide bonds. The van der Waals surface area contributed by atoms with Crippen LogP contribution in [0.25, 0.3) is 0 Å². The molecule has 0 saturated carbocycles. The van der Waals surface area contributed by atoms with Crippen LogP contribution in [0.1, 0.15) is 12.0 Å². The zero-order valence-corrected chi connectivity index (χ0v) is 10.3. The summed E-state index contributed by atoms with van der Waals surface area (Å²) in [6, 6.07) is 1.90. The minimum atomic E-state index is -1.01. The lowest BCUT2D eigenvalue weighted by Gasteiger charge is -2.09. The van der Waals surface area contributed by atoms with Crippen LogP contribution in [0, 0.1) is 12.7 Å². The molecule has 1 rings (SSSR count). The first-order chi connectivity index (χ1) is 8.40. The SMILES string of the molecule is Cc1cc(NC(=O)NCCC(=O)O)c(Cl)cc1F. The van der Waals surface area contributed by atoms with Crippen molar-refractivity contribution in [3.63, 3.8) is 0 Å². The first-order valence-electron chi connectivity index (χ1n) is 5.12. The van der Waals surface area contributed by atoms with E-state index in [0.29, 0.717) is 5.56 Å². The first kappa shape index (κ1) is 14.2. The van der Waals surface area contributed by atoms with Crippen LogP contribution in [0.3, 0.4) is 0 Å². The highest BCUT2D eigenvalue weighted by Gasteiger charge is 2.09. The zero-order chi connectivity index (χ0) is 13.7. The number of rotatable bonds is 4. The van der Waals surface area contributed by atoms with Crippen LogP contribution in [0.4, 0.5) is 14.9 Å². The van der Waals surface area contributed by atoms with E-state index in [0.717, 1.165) is 6.07 Å². The molecule has 0 bridgehead atoms. The molecular weight excluding hydrogens is 263 g/mol. The molecule has 0 fully saturated rings. The standard InChI is InChI=1S/C11H12ClFN2O3/c1-6-4-9(7(12)5-8(6)13)15-11(18)14-3-2-10(16)17/h4-5H,2-3H2,1H3,(H,16,17)(H2,14,15,18). The molecule has 5 nitrogen and oxygen atoms in total. The summed E-state index contributed by atoms with van der Waals surface area (Å²) in [6.45, 7) is 1.54. The van der Waals surface area contributed by atoms with Crippen LogP contribution in [-0.2, 0) is 4.79 Å². The number of carbonyl (C=O) groups excluding carboxylic acids is 1. The van der Waals surface area contributed by atoms with E-state index < -0.39 is 17.8 Å². The van der Waals surface area contributed by atoms with E-state index in [1.807, 2.05) is 0 Å². The molecule has 0 spiro atoms. The Morgan fingerprint density at radius 3 is 2.72 bits per heavy atom. The summed E-state index contributed by atoms with van der Waals surface area (Å²) in [7, 11) is 0. The Labute approximate surface area is 108 Å². The topological polar surface area (TPSA) is 78.4 Å². The average Bonchev–Trinajstić information content (AvgIpc) is 2.25. The van der Waals surface area contributed by atoms with E-state index >= 15 is 0 Å². The molecule has 1 aromatic carbocycles. The Kier molecular flexibility index (Phi) is 4.91. The number of carbonyl (C=O) groups is 2. The van der Waals surface area contributed by atoms with E-state index in [1.165, 1.54) is 6.07 Å². The van der Waals surface area contributed by atoms with Gasteiger partial charge < -0.3 is 15.7 Å². The highest BCUT2D eigenvalue weighted by atomic mass is 35.5. The molecule has 0 saturated heterocycles. The van der Waals surface area contributed by atoms with Gasteiger partial charge in [0.25, 0.3) is 0 Å². The summed E-state index contributed by atoms with van der Waals surface area (Å²) >= 11 is 5.75. The van der Waals surface area contributed by atoms with Gasteiger partial charge in [0.05, 0.1) is 17.1 Å². The second kappa shape index (κ2) is 6.20. The van der Waals surface area contributed by atoms with Crippen LogP contribution >= 0.6 is 11.6 Å². The van der Waals surface area contributed by atoms with Gasteiger partial charge in [-0.05, 0) is 24.6 Å². The normalized spacial score (nSPS) is 9.94. The summed E-state index contributed by atoms with van der Waals surface area (Å²) in [6.07, 6.45) is -0.177. The highest BCUT2D eigenvalue weighted by molar-refractivity contribution is 6.33. The Morgan fingerprint density at radius 1 is 1.44 bits per heavy atom. The van der Waals surface area contributed by atoms with Gasteiger partial charge in [-0.3, -0.25) is 4.79 Å². The Bertz CT molecular complexity index is 480. The lowest BCUT2D eigenvalue weighted by atomic mass is 10.2. The van der Waals surface area contributed by atoms with Gasteiger partial charge in [0.1, 0.15) is 5.82 Å². The van der Waals surface area contributed by atoms with Crippen molar-refractivity contribution in [2.75, 3.05) is 11.9 Å². The molecule has 0 radical (unpaired) electrons. The molecule has 7 heteroatoms. The molecule has 0 atom stereocenters. The highest BCUT2D eigenvalue weighted by Crippen LogP contribution is 2.24. The summed E-state index contributed by atoms with van der Waals surface area (Å²) < 4.78 is 13.1. The largest absolute Gasteiger partial charge is 0.481 e. The Morgan fingerprint density at radius 2 is 2.11 bits per heavy atom. The number of aryl methyl sites for hydroxylation is 1. The van der Waals surface area contributed by atoms with E-state index in [-0.39, 0.29) is 23.7 Å². The second-order valence-corrected chi connectivity index (χ2v) is 4.01. The van der Waals surface area contributed by atoms with Gasteiger partial charge in [-0.25, -0.2) is 9.18 Å². The van der Waals surface area contributed by atoms with Gasteiger partial charge in [0.2, 0.25) is 0 Å².